The molecule has 0 fully saturated rings. The lowest BCUT2D eigenvalue weighted by molar-refractivity contribution is 0.923. The summed E-state index contributed by atoms with van der Waals surface area (Å²) >= 11 is 12.3. The molecule has 5 nitrogen and oxygen atoms in total. The number of anilines is 1. The molecule has 0 atom stereocenters. The van der Waals surface area contributed by atoms with Gasteiger partial charge in [0, 0.05) is 34.0 Å². The van der Waals surface area contributed by atoms with Crippen molar-refractivity contribution in [2.45, 2.75) is 27.3 Å². The normalized spacial score (nSPS) is 11.4. The maximum absolute atomic E-state index is 6.28. The van der Waals surface area contributed by atoms with Crippen LogP contribution in [0.3, 0.4) is 0 Å². The summed E-state index contributed by atoms with van der Waals surface area (Å²) in [6.45, 7) is 6.55. The molecule has 0 radical (unpaired) electrons. The Morgan fingerprint density at radius 3 is 2.54 bits per heavy atom. The molecule has 4 aromatic rings. The van der Waals surface area contributed by atoms with E-state index >= 15 is 0 Å². The minimum Gasteiger partial charge on any atom is -0.366 e. The third-order valence-electron chi connectivity index (χ3n) is 4.28. The van der Waals surface area contributed by atoms with E-state index in [0.717, 1.165) is 39.4 Å². The Morgan fingerprint density at radius 2 is 1.77 bits per heavy atom. The van der Waals surface area contributed by atoms with Gasteiger partial charge in [-0.1, -0.05) is 29.3 Å². The Hall–Kier alpha value is -2.37. The average Bonchev–Trinajstić information content (AvgIpc) is 2.92. The number of rotatable bonds is 3. The van der Waals surface area contributed by atoms with E-state index in [1.807, 2.05) is 32.0 Å². The second-order valence-electron chi connectivity index (χ2n) is 6.39. The van der Waals surface area contributed by atoms with Gasteiger partial charge in [0.1, 0.15) is 5.82 Å². The van der Waals surface area contributed by atoms with E-state index in [9.17, 15) is 0 Å². The van der Waals surface area contributed by atoms with Crippen molar-refractivity contribution >= 4 is 45.7 Å². The van der Waals surface area contributed by atoms with Crippen molar-refractivity contribution in [1.82, 2.24) is 19.6 Å². The molecule has 0 aliphatic heterocycles. The number of fused-ring (bicyclic) bond motifs is 3. The molecule has 0 aliphatic rings. The summed E-state index contributed by atoms with van der Waals surface area (Å²) in [6, 6.07) is 9.50. The summed E-state index contributed by atoms with van der Waals surface area (Å²) in [7, 11) is 0. The largest absolute Gasteiger partial charge is 0.366 e. The summed E-state index contributed by atoms with van der Waals surface area (Å²) in [4.78, 5) is 9.23. The molecule has 0 saturated carbocycles. The van der Waals surface area contributed by atoms with Gasteiger partial charge in [0.25, 0.3) is 0 Å². The van der Waals surface area contributed by atoms with Crippen LogP contribution in [-0.4, -0.2) is 19.6 Å². The Kier molecular flexibility index (Phi) is 4.21. The van der Waals surface area contributed by atoms with E-state index in [0.29, 0.717) is 22.2 Å². The van der Waals surface area contributed by atoms with Crippen LogP contribution in [0, 0.1) is 20.8 Å². The lowest BCUT2D eigenvalue weighted by atomic mass is 10.2. The topological polar surface area (TPSA) is 55.1 Å². The zero-order valence-electron chi connectivity index (χ0n) is 14.6. The molecule has 1 aromatic carbocycles. The van der Waals surface area contributed by atoms with Gasteiger partial charge in [-0.15, -0.1) is 5.10 Å². The van der Waals surface area contributed by atoms with Crippen LogP contribution >= 0.6 is 23.2 Å². The first kappa shape index (κ1) is 17.1. The smallest absolute Gasteiger partial charge is 0.184 e. The molecule has 0 unspecified atom stereocenters. The molecule has 3 heterocycles. The van der Waals surface area contributed by atoms with Gasteiger partial charge in [-0.2, -0.15) is 4.52 Å². The number of halogens is 2. The number of benzene rings is 1. The van der Waals surface area contributed by atoms with Crippen LogP contribution in [0.25, 0.3) is 16.7 Å². The maximum atomic E-state index is 6.28. The SMILES string of the molecule is Cc1cc(C)c2c(n1)nn1c(NCc3ccc(Cl)cc3Cl)cc(C)nc21. The first-order chi connectivity index (χ1) is 12.4. The number of hydrogen-bond donors (Lipinski definition) is 1. The van der Waals surface area contributed by atoms with Gasteiger partial charge >= 0.3 is 0 Å². The van der Waals surface area contributed by atoms with E-state index in [-0.39, 0.29) is 0 Å². The molecule has 0 aliphatic carbocycles. The Balaban J connectivity index is 1.80. The highest BCUT2D eigenvalue weighted by atomic mass is 35.5. The summed E-state index contributed by atoms with van der Waals surface area (Å²) in [5.41, 5.74) is 5.43. The van der Waals surface area contributed by atoms with Gasteiger partial charge in [-0.25, -0.2) is 9.97 Å². The third kappa shape index (κ3) is 2.97. The Morgan fingerprint density at radius 1 is 1.00 bits per heavy atom. The monoisotopic (exact) mass is 385 g/mol. The Labute approximate surface area is 161 Å². The van der Waals surface area contributed by atoms with Gasteiger partial charge in [0.2, 0.25) is 0 Å². The highest BCUT2D eigenvalue weighted by Gasteiger charge is 2.14. The van der Waals surface area contributed by atoms with Crippen molar-refractivity contribution in [3.05, 3.63) is 62.9 Å². The lowest BCUT2D eigenvalue weighted by Gasteiger charge is -2.10. The second kappa shape index (κ2) is 6.41. The van der Waals surface area contributed by atoms with Gasteiger partial charge in [-0.05, 0) is 50.1 Å². The van der Waals surface area contributed by atoms with Crippen LogP contribution in [0.4, 0.5) is 5.82 Å². The minimum absolute atomic E-state index is 0.552. The molecule has 7 heteroatoms. The molecule has 132 valence electrons. The number of aromatic nitrogens is 4. The van der Waals surface area contributed by atoms with Crippen molar-refractivity contribution < 1.29 is 0 Å². The average molecular weight is 386 g/mol. The summed E-state index contributed by atoms with van der Waals surface area (Å²) in [6.07, 6.45) is 0. The van der Waals surface area contributed by atoms with E-state index in [2.05, 4.69) is 33.4 Å². The molecule has 0 bridgehead atoms. The van der Waals surface area contributed by atoms with Gasteiger partial charge in [-0.3, -0.25) is 0 Å². The first-order valence-electron chi connectivity index (χ1n) is 8.24. The molecule has 26 heavy (non-hydrogen) atoms. The highest BCUT2D eigenvalue weighted by Crippen LogP contribution is 2.26. The van der Waals surface area contributed by atoms with Crippen molar-refractivity contribution in [3.8, 4) is 0 Å². The fraction of sp³-hybridized carbons (Fsp3) is 0.211. The summed E-state index contributed by atoms with van der Waals surface area (Å²) < 4.78 is 1.81. The number of aryl methyl sites for hydroxylation is 3. The quantitative estimate of drug-likeness (QED) is 0.531. The molecule has 0 amide bonds. The molecule has 3 aromatic heterocycles. The fourth-order valence-corrected chi connectivity index (χ4v) is 3.60. The van der Waals surface area contributed by atoms with Crippen molar-refractivity contribution in [2.75, 3.05) is 5.32 Å². The van der Waals surface area contributed by atoms with Crippen molar-refractivity contribution in [1.29, 1.82) is 0 Å². The van der Waals surface area contributed by atoms with E-state index in [1.165, 1.54) is 0 Å². The molecular formula is C19H17Cl2N5. The predicted molar refractivity (Wildman–Crippen MR) is 106 cm³/mol. The van der Waals surface area contributed by atoms with E-state index in [4.69, 9.17) is 23.2 Å². The molecule has 0 saturated heterocycles. The molecule has 1 N–H and O–H groups in total. The van der Waals surface area contributed by atoms with Gasteiger partial charge < -0.3 is 5.32 Å². The fourth-order valence-electron chi connectivity index (χ4n) is 3.12. The van der Waals surface area contributed by atoms with E-state index in [1.54, 1.807) is 10.6 Å². The van der Waals surface area contributed by atoms with Crippen LogP contribution in [0.2, 0.25) is 10.0 Å². The van der Waals surface area contributed by atoms with Crippen LogP contribution in [0.15, 0.2) is 30.3 Å². The molecule has 0 spiro atoms. The Bertz CT molecular complexity index is 1150. The van der Waals surface area contributed by atoms with Crippen LogP contribution in [0.1, 0.15) is 22.5 Å². The number of pyridine rings is 1. The summed E-state index contributed by atoms with van der Waals surface area (Å²) in [5.74, 6) is 0.841. The van der Waals surface area contributed by atoms with Crippen LogP contribution in [0.5, 0.6) is 0 Å². The molecular weight excluding hydrogens is 369 g/mol. The maximum Gasteiger partial charge on any atom is 0.184 e. The summed E-state index contributed by atoms with van der Waals surface area (Å²) in [5, 5.41) is 10.3. The lowest BCUT2D eigenvalue weighted by Crippen LogP contribution is -2.07. The number of nitrogens with one attached hydrogen (secondary N) is 1. The number of nitrogens with zero attached hydrogens (tertiary/aromatic N) is 4. The number of hydrogen-bond acceptors (Lipinski definition) is 4. The van der Waals surface area contributed by atoms with Crippen molar-refractivity contribution in [2.24, 2.45) is 0 Å². The minimum atomic E-state index is 0.552. The van der Waals surface area contributed by atoms with Gasteiger partial charge in [0.05, 0.1) is 5.39 Å². The predicted octanol–water partition coefficient (Wildman–Crippen LogP) is 5.12. The third-order valence-corrected chi connectivity index (χ3v) is 4.86. The van der Waals surface area contributed by atoms with Crippen LogP contribution in [-0.2, 0) is 6.54 Å². The standard InChI is InChI=1S/C19H17Cl2N5/c1-10-6-11(2)23-18-17(10)19-24-12(3)7-16(26(19)25-18)22-9-13-4-5-14(20)8-15(13)21/h4-8,22H,9H2,1-3H3. The van der Waals surface area contributed by atoms with Crippen LogP contribution < -0.4 is 5.32 Å². The zero-order chi connectivity index (χ0) is 18.4. The zero-order valence-corrected chi connectivity index (χ0v) is 16.2. The molecule has 4 rings (SSSR count). The second-order valence-corrected chi connectivity index (χ2v) is 7.23. The first-order valence-corrected chi connectivity index (χ1v) is 9.00. The van der Waals surface area contributed by atoms with Gasteiger partial charge in [0.15, 0.2) is 11.3 Å². The van der Waals surface area contributed by atoms with E-state index < -0.39 is 0 Å². The highest BCUT2D eigenvalue weighted by molar-refractivity contribution is 6.35. The van der Waals surface area contributed by atoms with Crippen molar-refractivity contribution in [3.63, 3.8) is 0 Å².